The van der Waals surface area contributed by atoms with Crippen molar-refractivity contribution in [2.75, 3.05) is 13.7 Å². The summed E-state index contributed by atoms with van der Waals surface area (Å²) in [5.74, 6) is 1.79. The number of rotatable bonds is 5. The minimum atomic E-state index is 0.527. The lowest BCUT2D eigenvalue weighted by molar-refractivity contribution is 0.183. The van der Waals surface area contributed by atoms with Gasteiger partial charge in [-0.1, -0.05) is 30.3 Å². The average Bonchev–Trinajstić information content (AvgIpc) is 2.96. The number of halogens is 1. The molecule has 21 heavy (non-hydrogen) atoms. The molecule has 0 aliphatic carbocycles. The van der Waals surface area contributed by atoms with Crippen LogP contribution in [0.2, 0.25) is 0 Å². The summed E-state index contributed by atoms with van der Waals surface area (Å²) in [6.45, 7) is 1.78. The smallest absolute Gasteiger partial charge is 0.141 e. The summed E-state index contributed by atoms with van der Waals surface area (Å²) in [7, 11) is 1.69. The Morgan fingerprint density at radius 3 is 2.76 bits per heavy atom. The molecular weight excluding hydrogens is 332 g/mol. The SMILES string of the molecule is COCc1cc2c(c(OCc3ccccc3)c1Br)CCO2. The van der Waals surface area contributed by atoms with Crippen molar-refractivity contribution in [3.8, 4) is 11.5 Å². The predicted molar refractivity (Wildman–Crippen MR) is 84.8 cm³/mol. The van der Waals surface area contributed by atoms with E-state index in [1.807, 2.05) is 24.3 Å². The molecule has 0 fully saturated rings. The molecule has 1 aliphatic heterocycles. The van der Waals surface area contributed by atoms with E-state index in [0.29, 0.717) is 19.8 Å². The van der Waals surface area contributed by atoms with E-state index in [9.17, 15) is 0 Å². The maximum absolute atomic E-state index is 6.07. The van der Waals surface area contributed by atoms with Gasteiger partial charge in [-0.2, -0.15) is 0 Å². The van der Waals surface area contributed by atoms with Crippen molar-refractivity contribution in [3.63, 3.8) is 0 Å². The van der Waals surface area contributed by atoms with Crippen molar-refractivity contribution in [1.29, 1.82) is 0 Å². The molecule has 2 aromatic carbocycles. The molecule has 2 aromatic rings. The second-order valence-electron chi connectivity index (χ2n) is 4.96. The number of ether oxygens (including phenoxy) is 3. The first-order valence-corrected chi connectivity index (χ1v) is 7.71. The van der Waals surface area contributed by atoms with E-state index in [0.717, 1.165) is 39.1 Å². The van der Waals surface area contributed by atoms with E-state index in [1.54, 1.807) is 7.11 Å². The second-order valence-corrected chi connectivity index (χ2v) is 5.75. The number of methoxy groups -OCH3 is 1. The maximum Gasteiger partial charge on any atom is 0.141 e. The van der Waals surface area contributed by atoms with Gasteiger partial charge in [0, 0.05) is 19.1 Å². The van der Waals surface area contributed by atoms with Crippen LogP contribution in [0.1, 0.15) is 16.7 Å². The van der Waals surface area contributed by atoms with E-state index < -0.39 is 0 Å². The van der Waals surface area contributed by atoms with E-state index in [-0.39, 0.29) is 0 Å². The van der Waals surface area contributed by atoms with Gasteiger partial charge in [0.25, 0.3) is 0 Å². The summed E-state index contributed by atoms with van der Waals surface area (Å²) in [6, 6.07) is 12.2. The van der Waals surface area contributed by atoms with Crippen molar-refractivity contribution in [3.05, 3.63) is 57.6 Å². The fourth-order valence-electron chi connectivity index (χ4n) is 2.47. The lowest BCUT2D eigenvalue weighted by Crippen LogP contribution is -2.01. The zero-order valence-corrected chi connectivity index (χ0v) is 13.5. The zero-order chi connectivity index (χ0) is 14.7. The molecule has 4 heteroatoms. The Morgan fingerprint density at radius 1 is 1.19 bits per heavy atom. The van der Waals surface area contributed by atoms with Crippen molar-refractivity contribution in [1.82, 2.24) is 0 Å². The first kappa shape index (κ1) is 14.4. The van der Waals surface area contributed by atoms with Gasteiger partial charge in [0.1, 0.15) is 18.1 Å². The molecule has 0 amide bonds. The quantitative estimate of drug-likeness (QED) is 0.813. The molecule has 3 nitrogen and oxygen atoms in total. The highest BCUT2D eigenvalue weighted by Gasteiger charge is 2.23. The molecule has 0 radical (unpaired) electrons. The van der Waals surface area contributed by atoms with Gasteiger partial charge in [0.05, 0.1) is 17.7 Å². The van der Waals surface area contributed by atoms with Crippen molar-refractivity contribution >= 4 is 15.9 Å². The first-order chi connectivity index (χ1) is 10.3. The molecule has 0 N–H and O–H groups in total. The minimum absolute atomic E-state index is 0.527. The Morgan fingerprint density at radius 2 is 2.00 bits per heavy atom. The van der Waals surface area contributed by atoms with Crippen LogP contribution in [0.4, 0.5) is 0 Å². The average molecular weight is 349 g/mol. The summed E-state index contributed by atoms with van der Waals surface area (Å²) in [4.78, 5) is 0. The van der Waals surface area contributed by atoms with Gasteiger partial charge < -0.3 is 14.2 Å². The third kappa shape index (κ3) is 3.06. The van der Waals surface area contributed by atoms with Crippen LogP contribution in [0.3, 0.4) is 0 Å². The van der Waals surface area contributed by atoms with Crippen LogP contribution in [-0.2, 0) is 24.4 Å². The van der Waals surface area contributed by atoms with Gasteiger partial charge >= 0.3 is 0 Å². The van der Waals surface area contributed by atoms with Gasteiger partial charge in [-0.15, -0.1) is 0 Å². The Balaban J connectivity index is 1.89. The molecule has 0 unspecified atom stereocenters. The summed E-state index contributed by atoms with van der Waals surface area (Å²) in [5, 5.41) is 0. The molecule has 1 heterocycles. The van der Waals surface area contributed by atoms with Crippen LogP contribution in [0.5, 0.6) is 11.5 Å². The lowest BCUT2D eigenvalue weighted by atomic mass is 10.1. The highest BCUT2D eigenvalue weighted by atomic mass is 79.9. The highest BCUT2D eigenvalue weighted by Crippen LogP contribution is 2.42. The third-order valence-corrected chi connectivity index (χ3v) is 4.36. The van der Waals surface area contributed by atoms with Gasteiger partial charge in [-0.05, 0) is 33.1 Å². The molecule has 3 rings (SSSR count). The molecule has 0 atom stereocenters. The van der Waals surface area contributed by atoms with Crippen LogP contribution < -0.4 is 9.47 Å². The number of hydrogen-bond acceptors (Lipinski definition) is 3. The van der Waals surface area contributed by atoms with Crippen LogP contribution in [0, 0.1) is 0 Å². The number of fused-ring (bicyclic) bond motifs is 1. The number of hydrogen-bond donors (Lipinski definition) is 0. The molecule has 1 aliphatic rings. The minimum Gasteiger partial charge on any atom is -0.493 e. The Hall–Kier alpha value is -1.52. The van der Waals surface area contributed by atoms with Crippen LogP contribution in [0.15, 0.2) is 40.9 Å². The van der Waals surface area contributed by atoms with Crippen LogP contribution in [-0.4, -0.2) is 13.7 Å². The third-order valence-electron chi connectivity index (χ3n) is 3.49. The van der Waals surface area contributed by atoms with E-state index >= 15 is 0 Å². The molecule has 110 valence electrons. The Labute approximate surface area is 133 Å². The molecule has 0 aromatic heterocycles. The normalized spacial score (nSPS) is 12.9. The standard InChI is InChI=1S/C17H17BrO3/c1-19-11-13-9-15-14(7-8-20-15)17(16(13)18)21-10-12-5-3-2-4-6-12/h2-6,9H,7-8,10-11H2,1H3. The topological polar surface area (TPSA) is 27.7 Å². The number of benzene rings is 2. The van der Waals surface area contributed by atoms with Gasteiger partial charge in [-0.25, -0.2) is 0 Å². The van der Waals surface area contributed by atoms with Crippen molar-refractivity contribution in [2.24, 2.45) is 0 Å². The summed E-state index contributed by atoms with van der Waals surface area (Å²) in [6.07, 6.45) is 0.880. The maximum atomic E-state index is 6.07. The summed E-state index contributed by atoms with van der Waals surface area (Å²) >= 11 is 3.65. The Kier molecular flexibility index (Phi) is 4.46. The van der Waals surface area contributed by atoms with Gasteiger partial charge in [-0.3, -0.25) is 0 Å². The van der Waals surface area contributed by atoms with Crippen molar-refractivity contribution in [2.45, 2.75) is 19.6 Å². The fraction of sp³-hybridized carbons (Fsp3) is 0.294. The molecule has 0 spiro atoms. The Bertz CT molecular complexity index is 626. The fourth-order valence-corrected chi connectivity index (χ4v) is 3.05. The molecular formula is C17H17BrO3. The highest BCUT2D eigenvalue weighted by molar-refractivity contribution is 9.10. The predicted octanol–water partition coefficient (Wildman–Crippen LogP) is 4.11. The van der Waals surface area contributed by atoms with Crippen LogP contribution >= 0.6 is 15.9 Å². The van der Waals surface area contributed by atoms with Gasteiger partial charge in [0.2, 0.25) is 0 Å². The van der Waals surface area contributed by atoms with Gasteiger partial charge in [0.15, 0.2) is 0 Å². The van der Waals surface area contributed by atoms with E-state index in [4.69, 9.17) is 14.2 Å². The first-order valence-electron chi connectivity index (χ1n) is 6.92. The summed E-state index contributed by atoms with van der Waals surface area (Å²) < 4.78 is 18.0. The monoisotopic (exact) mass is 348 g/mol. The summed E-state index contributed by atoms with van der Waals surface area (Å²) in [5.41, 5.74) is 3.33. The van der Waals surface area contributed by atoms with E-state index in [2.05, 4.69) is 28.1 Å². The van der Waals surface area contributed by atoms with E-state index in [1.165, 1.54) is 0 Å². The largest absolute Gasteiger partial charge is 0.493 e. The molecule has 0 bridgehead atoms. The second kappa shape index (κ2) is 6.50. The lowest BCUT2D eigenvalue weighted by Gasteiger charge is -2.15. The zero-order valence-electron chi connectivity index (χ0n) is 11.9. The molecule has 0 saturated carbocycles. The molecule has 0 saturated heterocycles. The van der Waals surface area contributed by atoms with Crippen molar-refractivity contribution < 1.29 is 14.2 Å². The van der Waals surface area contributed by atoms with Crippen LogP contribution in [0.25, 0.3) is 0 Å².